The molecule has 1 N–H and O–H groups in total. The molecule has 4 nitrogen and oxygen atoms in total. The van der Waals surface area contributed by atoms with Gasteiger partial charge < -0.3 is 15.0 Å². The van der Waals surface area contributed by atoms with Crippen LogP contribution in [0.5, 0.6) is 0 Å². The number of carbonyl (C=O) groups is 1. The molecule has 0 heterocycles. The highest BCUT2D eigenvalue weighted by atomic mass is 16.5. The number of rotatable bonds is 8. The van der Waals surface area contributed by atoms with Crippen molar-refractivity contribution in [3.63, 3.8) is 0 Å². The molecule has 0 saturated carbocycles. The van der Waals surface area contributed by atoms with Crippen molar-refractivity contribution in [1.29, 1.82) is 0 Å². The Balaban J connectivity index is 3.47. The zero-order valence-corrected chi connectivity index (χ0v) is 10.4. The summed E-state index contributed by atoms with van der Waals surface area (Å²) in [7, 11) is 5.28. The molecule has 0 fully saturated rings. The van der Waals surface area contributed by atoms with Crippen LogP contribution in [0.1, 0.15) is 26.2 Å². The first kappa shape index (κ1) is 14.4. The Kier molecular flexibility index (Phi) is 8.33. The van der Waals surface area contributed by atoms with E-state index in [-0.39, 0.29) is 5.91 Å². The number of nitrogens with zero attached hydrogens (tertiary/aromatic N) is 1. The van der Waals surface area contributed by atoms with Gasteiger partial charge in [0.15, 0.2) is 0 Å². The normalized spacial score (nSPS) is 12.5. The van der Waals surface area contributed by atoms with Gasteiger partial charge in [-0.15, -0.1) is 0 Å². The summed E-state index contributed by atoms with van der Waals surface area (Å²) in [5.74, 6) is 0.191. The van der Waals surface area contributed by atoms with Crippen LogP contribution in [0.2, 0.25) is 0 Å². The lowest BCUT2D eigenvalue weighted by molar-refractivity contribution is -0.128. The molecule has 0 aromatic carbocycles. The largest absolute Gasteiger partial charge is 0.383 e. The summed E-state index contributed by atoms with van der Waals surface area (Å²) in [5.41, 5.74) is 0. The number of methoxy groups -OCH3 is 1. The lowest BCUT2D eigenvalue weighted by Crippen LogP contribution is -2.33. The van der Waals surface area contributed by atoms with Gasteiger partial charge in [0.2, 0.25) is 5.91 Å². The van der Waals surface area contributed by atoms with Gasteiger partial charge in [-0.1, -0.05) is 6.92 Å². The van der Waals surface area contributed by atoms with E-state index in [1.807, 2.05) is 0 Å². The Labute approximate surface area is 93.0 Å². The average molecular weight is 216 g/mol. The summed E-state index contributed by atoms with van der Waals surface area (Å²) >= 11 is 0. The second-order valence-electron chi connectivity index (χ2n) is 3.91. The van der Waals surface area contributed by atoms with Crippen LogP contribution >= 0.6 is 0 Å². The number of hydrogen-bond acceptors (Lipinski definition) is 3. The van der Waals surface area contributed by atoms with Crippen LogP contribution in [0.4, 0.5) is 0 Å². The van der Waals surface area contributed by atoms with E-state index in [2.05, 4.69) is 12.2 Å². The number of hydrogen-bond donors (Lipinski definition) is 1. The van der Waals surface area contributed by atoms with Crippen molar-refractivity contribution in [2.75, 3.05) is 34.4 Å². The number of amides is 1. The number of ether oxygens (including phenoxy) is 1. The minimum absolute atomic E-state index is 0.191. The molecule has 0 spiro atoms. The lowest BCUT2D eigenvalue weighted by atomic mass is 10.2. The van der Waals surface area contributed by atoms with Crippen LogP contribution in [0.25, 0.3) is 0 Å². The predicted octanol–water partition coefficient (Wildman–Crippen LogP) is 0.869. The Bertz CT molecular complexity index is 172. The topological polar surface area (TPSA) is 41.6 Å². The highest BCUT2D eigenvalue weighted by Gasteiger charge is 2.06. The van der Waals surface area contributed by atoms with E-state index in [0.717, 1.165) is 26.0 Å². The van der Waals surface area contributed by atoms with E-state index in [9.17, 15) is 4.79 Å². The SMILES string of the molecule is CCC(COC)NCCCC(=O)N(C)C. The van der Waals surface area contributed by atoms with Crippen LogP contribution in [0.15, 0.2) is 0 Å². The predicted molar refractivity (Wildman–Crippen MR) is 61.9 cm³/mol. The highest BCUT2D eigenvalue weighted by Crippen LogP contribution is 1.95. The molecule has 0 aliphatic heterocycles. The molecule has 0 aromatic rings. The van der Waals surface area contributed by atoms with Crippen molar-refractivity contribution in [3.05, 3.63) is 0 Å². The maximum absolute atomic E-state index is 11.3. The van der Waals surface area contributed by atoms with E-state index >= 15 is 0 Å². The molecule has 1 unspecified atom stereocenters. The van der Waals surface area contributed by atoms with E-state index in [4.69, 9.17) is 4.74 Å². The van der Waals surface area contributed by atoms with Crippen LogP contribution in [-0.4, -0.2) is 51.2 Å². The first-order valence-electron chi connectivity index (χ1n) is 5.54. The highest BCUT2D eigenvalue weighted by molar-refractivity contribution is 5.75. The first-order valence-corrected chi connectivity index (χ1v) is 5.54. The van der Waals surface area contributed by atoms with Gasteiger partial charge in [-0.05, 0) is 19.4 Å². The van der Waals surface area contributed by atoms with Gasteiger partial charge in [0, 0.05) is 33.7 Å². The summed E-state index contributed by atoms with van der Waals surface area (Å²) < 4.78 is 5.07. The molecule has 0 bridgehead atoms. The van der Waals surface area contributed by atoms with E-state index in [1.54, 1.807) is 26.1 Å². The third kappa shape index (κ3) is 7.33. The summed E-state index contributed by atoms with van der Waals surface area (Å²) in [6, 6.07) is 0.407. The van der Waals surface area contributed by atoms with E-state index < -0.39 is 0 Å². The van der Waals surface area contributed by atoms with Crippen molar-refractivity contribution in [2.45, 2.75) is 32.2 Å². The Morgan fingerprint density at radius 1 is 1.47 bits per heavy atom. The molecule has 90 valence electrons. The second kappa shape index (κ2) is 8.68. The molecule has 0 aliphatic rings. The average Bonchev–Trinajstić information content (AvgIpc) is 2.22. The van der Waals surface area contributed by atoms with Crippen LogP contribution in [-0.2, 0) is 9.53 Å². The molecule has 1 atom stereocenters. The van der Waals surface area contributed by atoms with E-state index in [1.165, 1.54) is 0 Å². The third-order valence-corrected chi connectivity index (χ3v) is 2.36. The van der Waals surface area contributed by atoms with Gasteiger partial charge in [0.05, 0.1) is 6.61 Å². The van der Waals surface area contributed by atoms with Crippen molar-refractivity contribution in [1.82, 2.24) is 10.2 Å². The molecular formula is C11H24N2O2. The molecule has 0 rings (SSSR count). The molecule has 0 saturated heterocycles. The Morgan fingerprint density at radius 3 is 2.60 bits per heavy atom. The standard InChI is InChI=1S/C11H24N2O2/c1-5-10(9-15-4)12-8-6-7-11(14)13(2)3/h10,12H,5-9H2,1-4H3. The molecule has 4 heteroatoms. The van der Waals surface area contributed by atoms with E-state index in [0.29, 0.717) is 12.5 Å². The molecule has 15 heavy (non-hydrogen) atoms. The van der Waals surface area contributed by atoms with Gasteiger partial charge in [0.1, 0.15) is 0 Å². The van der Waals surface area contributed by atoms with Crippen molar-refractivity contribution in [3.8, 4) is 0 Å². The Morgan fingerprint density at radius 2 is 2.13 bits per heavy atom. The fourth-order valence-corrected chi connectivity index (χ4v) is 1.29. The third-order valence-electron chi connectivity index (χ3n) is 2.36. The van der Waals surface area contributed by atoms with Crippen LogP contribution < -0.4 is 5.32 Å². The second-order valence-corrected chi connectivity index (χ2v) is 3.91. The lowest BCUT2D eigenvalue weighted by Gasteiger charge is -2.16. The van der Waals surface area contributed by atoms with Gasteiger partial charge in [-0.2, -0.15) is 0 Å². The zero-order valence-electron chi connectivity index (χ0n) is 10.4. The Hall–Kier alpha value is -0.610. The fourth-order valence-electron chi connectivity index (χ4n) is 1.29. The van der Waals surface area contributed by atoms with Crippen LogP contribution in [0.3, 0.4) is 0 Å². The van der Waals surface area contributed by atoms with Gasteiger partial charge >= 0.3 is 0 Å². The first-order chi connectivity index (χ1) is 7.11. The van der Waals surface area contributed by atoms with Gasteiger partial charge in [-0.3, -0.25) is 4.79 Å². The van der Waals surface area contributed by atoms with Crippen molar-refractivity contribution in [2.24, 2.45) is 0 Å². The van der Waals surface area contributed by atoms with Crippen LogP contribution in [0, 0.1) is 0 Å². The van der Waals surface area contributed by atoms with Crippen molar-refractivity contribution < 1.29 is 9.53 Å². The maximum Gasteiger partial charge on any atom is 0.222 e. The number of carbonyl (C=O) groups excluding carboxylic acids is 1. The molecule has 0 aromatic heterocycles. The molecule has 1 amide bonds. The quantitative estimate of drug-likeness (QED) is 0.612. The summed E-state index contributed by atoms with van der Waals surface area (Å²) in [5, 5.41) is 3.37. The molecule has 0 aliphatic carbocycles. The minimum Gasteiger partial charge on any atom is -0.383 e. The molecule has 0 radical (unpaired) electrons. The molecular weight excluding hydrogens is 192 g/mol. The zero-order chi connectivity index (χ0) is 11.7. The summed E-state index contributed by atoms with van der Waals surface area (Å²) in [4.78, 5) is 12.9. The fraction of sp³-hybridized carbons (Fsp3) is 0.909. The summed E-state index contributed by atoms with van der Waals surface area (Å²) in [6.45, 7) is 3.74. The monoisotopic (exact) mass is 216 g/mol. The van der Waals surface area contributed by atoms with Gasteiger partial charge in [-0.25, -0.2) is 0 Å². The number of nitrogens with one attached hydrogen (secondary N) is 1. The summed E-state index contributed by atoms with van der Waals surface area (Å²) in [6.07, 6.45) is 2.55. The van der Waals surface area contributed by atoms with Crippen molar-refractivity contribution >= 4 is 5.91 Å². The smallest absolute Gasteiger partial charge is 0.222 e. The van der Waals surface area contributed by atoms with Gasteiger partial charge in [0.25, 0.3) is 0 Å². The maximum atomic E-state index is 11.3. The minimum atomic E-state index is 0.191.